The number of nitrogens with zero attached hydrogens (tertiary/aromatic N) is 1. The number of rotatable bonds is 18. The van der Waals surface area contributed by atoms with Crippen LogP contribution in [-0.4, -0.2) is 52.6 Å². The van der Waals surface area contributed by atoms with E-state index in [0.29, 0.717) is 44.1 Å². The molecule has 1 unspecified atom stereocenters. The number of fused-ring (bicyclic) bond motifs is 2. The van der Waals surface area contributed by atoms with E-state index < -0.39 is 35.1 Å². The van der Waals surface area contributed by atoms with Crippen LogP contribution in [0.25, 0.3) is 0 Å². The molecule has 7 nitrogen and oxygen atoms in total. The molecular formula is C37H43Cl2NO6. The van der Waals surface area contributed by atoms with Crippen LogP contribution < -0.4 is 4.90 Å². The van der Waals surface area contributed by atoms with E-state index in [0.717, 1.165) is 49.8 Å². The number of unbranched alkanes of at least 4 members (excludes halogenated alkanes) is 5. The minimum Gasteiger partial charge on any atom is -0.507 e. The Morgan fingerprint density at radius 3 is 2.07 bits per heavy atom. The number of aromatic hydroxyl groups is 2. The fourth-order valence-electron chi connectivity index (χ4n) is 6.01. The monoisotopic (exact) mass is 667 g/mol. The van der Waals surface area contributed by atoms with Gasteiger partial charge >= 0.3 is 5.97 Å². The summed E-state index contributed by atoms with van der Waals surface area (Å²) in [7, 11) is 0. The fraction of sp³-hybridized carbons (Fsp3) is 0.432. The molecule has 3 aromatic rings. The number of hydrogen-bond acceptors (Lipinski definition) is 7. The number of ether oxygens (including phenoxy) is 1. The highest BCUT2D eigenvalue weighted by atomic mass is 35.5. The smallest absolute Gasteiger partial charge is 0.306 e. The second kappa shape index (κ2) is 17.4. The summed E-state index contributed by atoms with van der Waals surface area (Å²) in [5.74, 6) is -1.36. The zero-order valence-electron chi connectivity index (χ0n) is 26.4. The van der Waals surface area contributed by atoms with Crippen LogP contribution in [0.15, 0.2) is 54.6 Å². The Balaban J connectivity index is 1.48. The van der Waals surface area contributed by atoms with Crippen LogP contribution in [0.4, 0.5) is 5.69 Å². The van der Waals surface area contributed by atoms with Crippen LogP contribution in [0, 0.1) is 0 Å². The largest absolute Gasteiger partial charge is 0.507 e. The summed E-state index contributed by atoms with van der Waals surface area (Å²) in [5, 5.41) is 22.4. The first-order valence-electron chi connectivity index (χ1n) is 16.2. The van der Waals surface area contributed by atoms with E-state index in [9.17, 15) is 24.6 Å². The summed E-state index contributed by atoms with van der Waals surface area (Å²) in [4.78, 5) is 41.9. The minimum atomic E-state index is -0.885. The fourth-order valence-corrected chi connectivity index (χ4v) is 6.42. The van der Waals surface area contributed by atoms with E-state index in [1.54, 1.807) is 12.1 Å². The lowest BCUT2D eigenvalue weighted by Gasteiger charge is -2.25. The van der Waals surface area contributed by atoms with E-state index >= 15 is 0 Å². The van der Waals surface area contributed by atoms with Crippen LogP contribution in [0.5, 0.6) is 11.5 Å². The van der Waals surface area contributed by atoms with Gasteiger partial charge < -0.3 is 19.8 Å². The number of anilines is 1. The first kappa shape index (κ1) is 35.3. The lowest BCUT2D eigenvalue weighted by Crippen LogP contribution is -2.27. The summed E-state index contributed by atoms with van der Waals surface area (Å²) < 4.78 is 5.93. The molecule has 0 bridgehead atoms. The second-order valence-corrected chi connectivity index (χ2v) is 12.5. The minimum absolute atomic E-state index is 0.132. The molecule has 3 aromatic carbocycles. The SMILES string of the molecule is CCCCCCCCC(OC(=O)CCCc1ccc(N(CCCl)CCCl)cc1)c1cc(O)c2c(c1O)C(=O)c1ccccc1C2=O. The number of phenols is 2. The Kier molecular flexibility index (Phi) is 13.3. The maximum Gasteiger partial charge on any atom is 0.306 e. The molecule has 0 saturated carbocycles. The predicted octanol–water partition coefficient (Wildman–Crippen LogP) is 8.52. The van der Waals surface area contributed by atoms with Crippen molar-refractivity contribution < 1.29 is 29.3 Å². The molecule has 0 spiro atoms. The summed E-state index contributed by atoms with van der Waals surface area (Å²) >= 11 is 11.9. The molecule has 0 fully saturated rings. The van der Waals surface area contributed by atoms with Gasteiger partial charge in [0.15, 0.2) is 11.6 Å². The summed E-state index contributed by atoms with van der Waals surface area (Å²) in [5.41, 5.74) is 2.12. The van der Waals surface area contributed by atoms with Gasteiger partial charge in [0, 0.05) is 53.6 Å². The first-order valence-corrected chi connectivity index (χ1v) is 17.3. The van der Waals surface area contributed by atoms with Gasteiger partial charge in [0.1, 0.15) is 17.6 Å². The molecule has 4 rings (SSSR count). The number of alkyl halides is 2. The van der Waals surface area contributed by atoms with Gasteiger partial charge in [-0.15, -0.1) is 23.2 Å². The van der Waals surface area contributed by atoms with Gasteiger partial charge in [-0.2, -0.15) is 0 Å². The van der Waals surface area contributed by atoms with Crippen molar-refractivity contribution in [3.05, 3.63) is 88.0 Å². The van der Waals surface area contributed by atoms with E-state index in [2.05, 4.69) is 11.8 Å². The summed E-state index contributed by atoms with van der Waals surface area (Å²) in [6.45, 7) is 3.56. The Hall–Kier alpha value is -3.55. The van der Waals surface area contributed by atoms with Gasteiger partial charge in [-0.1, -0.05) is 75.4 Å². The molecule has 2 N–H and O–H groups in total. The average Bonchev–Trinajstić information content (AvgIpc) is 3.05. The molecule has 246 valence electrons. The van der Waals surface area contributed by atoms with Crippen LogP contribution >= 0.6 is 23.2 Å². The standard InChI is InChI=1S/C37H43Cl2NO6/c1-2-3-4-5-6-7-14-31(46-32(42)15-10-11-25-16-18-26(19-17-25)40(22-20-38)23-21-39)29-24-30(41)33-34(37(29)45)36(44)28-13-9-8-12-27(28)35(33)43/h8-9,12-13,16-19,24,31,41,45H,2-7,10-11,14-15,20-23H2,1H3. The van der Waals surface area contributed by atoms with Crippen molar-refractivity contribution in [2.75, 3.05) is 29.7 Å². The maximum atomic E-state index is 13.4. The third-order valence-corrected chi connectivity index (χ3v) is 8.81. The Bertz CT molecular complexity index is 1500. The molecular weight excluding hydrogens is 625 g/mol. The number of carbonyl (C=O) groups is 3. The van der Waals surface area contributed by atoms with Crippen LogP contribution in [0.1, 0.15) is 114 Å². The van der Waals surface area contributed by atoms with Gasteiger partial charge in [-0.05, 0) is 49.4 Å². The van der Waals surface area contributed by atoms with Gasteiger partial charge in [-0.3, -0.25) is 14.4 Å². The number of halogens is 2. The molecule has 46 heavy (non-hydrogen) atoms. The Morgan fingerprint density at radius 2 is 1.43 bits per heavy atom. The molecule has 1 aliphatic rings. The summed E-state index contributed by atoms with van der Waals surface area (Å²) in [6, 6.07) is 15.7. The molecule has 1 atom stereocenters. The normalized spacial score (nSPS) is 12.8. The van der Waals surface area contributed by atoms with Gasteiger partial charge in [0.2, 0.25) is 0 Å². The molecule has 0 aliphatic heterocycles. The summed E-state index contributed by atoms with van der Waals surface area (Å²) in [6.07, 6.45) is 6.97. The third-order valence-electron chi connectivity index (χ3n) is 8.48. The number of benzene rings is 3. The molecule has 0 amide bonds. The van der Waals surface area contributed by atoms with Crippen molar-refractivity contribution in [3.8, 4) is 11.5 Å². The number of hydrogen-bond donors (Lipinski definition) is 2. The highest BCUT2D eigenvalue weighted by Gasteiger charge is 2.37. The Labute approximate surface area is 281 Å². The van der Waals surface area contributed by atoms with E-state index in [1.165, 1.54) is 18.2 Å². The average molecular weight is 669 g/mol. The van der Waals surface area contributed by atoms with Gasteiger partial charge in [-0.25, -0.2) is 0 Å². The van der Waals surface area contributed by atoms with Crippen molar-refractivity contribution in [3.63, 3.8) is 0 Å². The lowest BCUT2D eigenvalue weighted by molar-refractivity contribution is -0.150. The quantitative estimate of drug-likeness (QED) is 0.0474. The highest BCUT2D eigenvalue weighted by Crippen LogP contribution is 2.43. The molecule has 0 saturated heterocycles. The van der Waals surface area contributed by atoms with Crippen molar-refractivity contribution in [2.45, 2.75) is 77.2 Å². The van der Waals surface area contributed by atoms with Crippen molar-refractivity contribution >= 4 is 46.4 Å². The van der Waals surface area contributed by atoms with E-state index in [1.807, 2.05) is 24.3 Å². The zero-order valence-corrected chi connectivity index (χ0v) is 27.9. The maximum absolute atomic E-state index is 13.4. The molecule has 0 heterocycles. The number of carbonyl (C=O) groups excluding carboxylic acids is 3. The molecule has 1 aliphatic carbocycles. The topological polar surface area (TPSA) is 104 Å². The zero-order chi connectivity index (χ0) is 33.1. The van der Waals surface area contributed by atoms with Crippen molar-refractivity contribution in [1.29, 1.82) is 0 Å². The van der Waals surface area contributed by atoms with E-state index in [4.69, 9.17) is 27.9 Å². The van der Waals surface area contributed by atoms with Crippen LogP contribution in [0.2, 0.25) is 0 Å². The van der Waals surface area contributed by atoms with Gasteiger partial charge in [0.25, 0.3) is 0 Å². The molecule has 0 aromatic heterocycles. The first-order chi connectivity index (χ1) is 22.3. The van der Waals surface area contributed by atoms with Crippen LogP contribution in [-0.2, 0) is 16.0 Å². The number of aryl methyl sites for hydroxylation is 1. The Morgan fingerprint density at radius 1 is 0.826 bits per heavy atom. The third kappa shape index (κ3) is 8.62. The number of phenolic OH excluding ortho intramolecular Hbond substituents is 2. The van der Waals surface area contributed by atoms with E-state index in [-0.39, 0.29) is 34.2 Å². The molecule has 9 heteroatoms. The number of esters is 1. The van der Waals surface area contributed by atoms with Crippen molar-refractivity contribution in [1.82, 2.24) is 0 Å². The lowest BCUT2D eigenvalue weighted by atomic mass is 9.81. The predicted molar refractivity (Wildman–Crippen MR) is 183 cm³/mol. The number of ketones is 2. The second-order valence-electron chi connectivity index (χ2n) is 11.7. The highest BCUT2D eigenvalue weighted by molar-refractivity contribution is 6.30. The van der Waals surface area contributed by atoms with Crippen LogP contribution in [0.3, 0.4) is 0 Å². The van der Waals surface area contributed by atoms with Crippen molar-refractivity contribution in [2.24, 2.45) is 0 Å². The molecule has 0 radical (unpaired) electrons. The van der Waals surface area contributed by atoms with Gasteiger partial charge in [0.05, 0.1) is 11.1 Å².